The molecule has 0 fully saturated rings. The van der Waals surface area contributed by atoms with Gasteiger partial charge in [0.05, 0.1) is 12.7 Å². The highest BCUT2D eigenvalue weighted by atomic mass is 16.5. The van der Waals surface area contributed by atoms with E-state index in [9.17, 15) is 9.59 Å². The van der Waals surface area contributed by atoms with Crippen LogP contribution < -0.4 is 16.8 Å². The van der Waals surface area contributed by atoms with Crippen molar-refractivity contribution in [2.45, 2.75) is 0 Å². The van der Waals surface area contributed by atoms with Gasteiger partial charge >= 0.3 is 12.1 Å². The van der Waals surface area contributed by atoms with Crippen molar-refractivity contribution in [3.8, 4) is 0 Å². The van der Waals surface area contributed by atoms with Gasteiger partial charge in [-0.1, -0.05) is 0 Å². The molecule has 0 radical (unpaired) electrons. The number of anilines is 2. The Kier molecular flexibility index (Phi) is 4.79. The minimum Gasteiger partial charge on any atom is -0.465 e. The fraction of sp³-hybridized carbons (Fsp3) is 0.273. The van der Waals surface area contributed by atoms with Crippen molar-refractivity contribution in [1.82, 2.24) is 0 Å². The number of primary amides is 1. The van der Waals surface area contributed by atoms with Gasteiger partial charge in [-0.3, -0.25) is 0 Å². The molecule has 7 heteroatoms. The Morgan fingerprint density at radius 2 is 2.11 bits per heavy atom. The topological polar surface area (TPSA) is 117 Å². The Morgan fingerprint density at radius 1 is 1.39 bits per heavy atom. The minimum absolute atomic E-state index is 0.132. The van der Waals surface area contributed by atoms with E-state index in [4.69, 9.17) is 11.5 Å². The number of hydrogen-bond acceptors (Lipinski definition) is 6. The van der Waals surface area contributed by atoms with E-state index in [2.05, 4.69) is 14.8 Å². The van der Waals surface area contributed by atoms with Crippen LogP contribution in [0.4, 0.5) is 16.2 Å². The Bertz CT molecular complexity index is 448. The first kappa shape index (κ1) is 13.6. The van der Waals surface area contributed by atoms with Crippen molar-refractivity contribution in [3.05, 3.63) is 23.8 Å². The van der Waals surface area contributed by atoms with E-state index in [1.165, 1.54) is 7.11 Å². The Balaban J connectivity index is 2.62. The highest BCUT2D eigenvalue weighted by molar-refractivity contribution is 5.96. The molecule has 0 aliphatic heterocycles. The number of ether oxygens (including phenoxy) is 2. The number of methoxy groups -OCH3 is 1. The summed E-state index contributed by atoms with van der Waals surface area (Å²) in [5.74, 6) is -0.510. The van der Waals surface area contributed by atoms with Gasteiger partial charge in [-0.25, -0.2) is 9.59 Å². The number of benzene rings is 1. The largest absolute Gasteiger partial charge is 0.465 e. The van der Waals surface area contributed by atoms with E-state index < -0.39 is 12.1 Å². The summed E-state index contributed by atoms with van der Waals surface area (Å²) in [6.45, 7) is 0.501. The Hall–Kier alpha value is -2.44. The zero-order valence-electron chi connectivity index (χ0n) is 9.93. The molecule has 0 bridgehead atoms. The first-order valence-electron chi connectivity index (χ1n) is 5.18. The number of nitrogens with two attached hydrogens (primary N) is 2. The highest BCUT2D eigenvalue weighted by Gasteiger charge is 2.10. The van der Waals surface area contributed by atoms with Gasteiger partial charge in [-0.15, -0.1) is 0 Å². The average molecular weight is 253 g/mol. The van der Waals surface area contributed by atoms with Gasteiger partial charge in [0.15, 0.2) is 0 Å². The molecule has 0 spiro atoms. The molecule has 0 heterocycles. The summed E-state index contributed by atoms with van der Waals surface area (Å²) in [7, 11) is 1.28. The summed E-state index contributed by atoms with van der Waals surface area (Å²) in [5.41, 5.74) is 11.7. The van der Waals surface area contributed by atoms with Crippen LogP contribution in [0.15, 0.2) is 18.2 Å². The monoisotopic (exact) mass is 253 g/mol. The number of carbonyl (C=O) groups is 2. The SMILES string of the molecule is COC(=O)c1cc(NCCOC(N)=O)ccc1N. The van der Waals surface area contributed by atoms with E-state index in [1.807, 2.05) is 0 Å². The molecule has 0 atom stereocenters. The van der Waals surface area contributed by atoms with Gasteiger partial charge in [0.2, 0.25) is 0 Å². The summed E-state index contributed by atoms with van der Waals surface area (Å²) in [5, 5.41) is 2.95. The quantitative estimate of drug-likeness (QED) is 0.401. The maximum atomic E-state index is 11.4. The summed E-state index contributed by atoms with van der Waals surface area (Å²) in [6.07, 6.45) is -0.829. The number of nitrogen functional groups attached to an aromatic ring is 1. The lowest BCUT2D eigenvalue weighted by atomic mass is 10.1. The van der Waals surface area contributed by atoms with Crippen molar-refractivity contribution >= 4 is 23.4 Å². The third-order valence-corrected chi connectivity index (χ3v) is 2.13. The van der Waals surface area contributed by atoms with Crippen molar-refractivity contribution in [2.75, 3.05) is 31.3 Å². The molecule has 7 nitrogen and oxygen atoms in total. The van der Waals surface area contributed by atoms with Crippen LogP contribution in [0, 0.1) is 0 Å². The van der Waals surface area contributed by atoms with Gasteiger partial charge in [-0.05, 0) is 18.2 Å². The fourth-order valence-electron chi connectivity index (χ4n) is 1.30. The molecule has 98 valence electrons. The number of esters is 1. The summed E-state index contributed by atoms with van der Waals surface area (Å²) >= 11 is 0. The molecular weight excluding hydrogens is 238 g/mol. The maximum absolute atomic E-state index is 11.4. The molecule has 1 aromatic rings. The van der Waals surface area contributed by atoms with Crippen LogP contribution in [-0.4, -0.2) is 32.3 Å². The van der Waals surface area contributed by atoms with E-state index in [0.29, 0.717) is 17.9 Å². The predicted octanol–water partition coefficient (Wildman–Crippen LogP) is 0.563. The molecule has 0 aromatic heterocycles. The van der Waals surface area contributed by atoms with Crippen molar-refractivity contribution in [3.63, 3.8) is 0 Å². The molecule has 5 N–H and O–H groups in total. The lowest BCUT2D eigenvalue weighted by Crippen LogP contribution is -2.18. The van der Waals surface area contributed by atoms with Crippen LogP contribution in [0.3, 0.4) is 0 Å². The summed E-state index contributed by atoms with van der Waals surface area (Å²) in [4.78, 5) is 21.7. The molecule has 0 saturated heterocycles. The molecule has 1 amide bonds. The molecule has 0 saturated carbocycles. The van der Waals surface area contributed by atoms with Crippen LogP contribution >= 0.6 is 0 Å². The highest BCUT2D eigenvalue weighted by Crippen LogP contribution is 2.18. The molecular formula is C11H15N3O4. The van der Waals surface area contributed by atoms with Gasteiger partial charge in [0, 0.05) is 17.9 Å². The standard InChI is InChI=1S/C11H15N3O4/c1-17-10(15)8-6-7(2-3-9(8)12)14-4-5-18-11(13)16/h2-3,6,14H,4-5,12H2,1H3,(H2,13,16). The Morgan fingerprint density at radius 3 is 2.72 bits per heavy atom. The van der Waals surface area contributed by atoms with Gasteiger partial charge in [0.25, 0.3) is 0 Å². The Labute approximate surface area is 104 Å². The molecule has 18 heavy (non-hydrogen) atoms. The number of hydrogen-bond donors (Lipinski definition) is 3. The smallest absolute Gasteiger partial charge is 0.404 e. The van der Waals surface area contributed by atoms with Crippen molar-refractivity contribution in [2.24, 2.45) is 5.73 Å². The van der Waals surface area contributed by atoms with E-state index in [-0.39, 0.29) is 12.2 Å². The number of rotatable bonds is 5. The second-order valence-electron chi connectivity index (χ2n) is 3.39. The third-order valence-electron chi connectivity index (χ3n) is 2.13. The predicted molar refractivity (Wildman–Crippen MR) is 66.2 cm³/mol. The molecule has 1 aromatic carbocycles. The van der Waals surface area contributed by atoms with Gasteiger partial charge in [0.1, 0.15) is 6.61 Å². The van der Waals surface area contributed by atoms with Crippen LogP contribution in [0.2, 0.25) is 0 Å². The summed E-state index contributed by atoms with van der Waals surface area (Å²) < 4.78 is 9.14. The normalized spacial score (nSPS) is 9.61. The van der Waals surface area contributed by atoms with Crippen LogP contribution in [0.25, 0.3) is 0 Å². The molecule has 0 unspecified atom stereocenters. The maximum Gasteiger partial charge on any atom is 0.404 e. The zero-order valence-corrected chi connectivity index (χ0v) is 9.93. The first-order chi connectivity index (χ1) is 8.54. The molecule has 1 rings (SSSR count). The number of nitrogens with one attached hydrogen (secondary N) is 1. The van der Waals surface area contributed by atoms with Crippen molar-refractivity contribution in [1.29, 1.82) is 0 Å². The van der Waals surface area contributed by atoms with Crippen molar-refractivity contribution < 1.29 is 19.1 Å². The van der Waals surface area contributed by atoms with E-state index in [0.717, 1.165) is 0 Å². The number of carbonyl (C=O) groups excluding carboxylic acids is 2. The van der Waals surface area contributed by atoms with Crippen LogP contribution in [-0.2, 0) is 9.47 Å². The van der Waals surface area contributed by atoms with E-state index in [1.54, 1.807) is 18.2 Å². The molecule has 0 aliphatic rings. The minimum atomic E-state index is -0.829. The van der Waals surface area contributed by atoms with E-state index >= 15 is 0 Å². The van der Waals surface area contributed by atoms with Gasteiger partial charge < -0.3 is 26.3 Å². The number of amides is 1. The van der Waals surface area contributed by atoms with Crippen LogP contribution in [0.1, 0.15) is 10.4 Å². The molecule has 0 aliphatic carbocycles. The second kappa shape index (κ2) is 6.33. The van der Waals surface area contributed by atoms with Gasteiger partial charge in [-0.2, -0.15) is 0 Å². The first-order valence-corrected chi connectivity index (χ1v) is 5.18. The zero-order chi connectivity index (χ0) is 13.5. The second-order valence-corrected chi connectivity index (χ2v) is 3.39. The lowest BCUT2D eigenvalue weighted by molar-refractivity contribution is 0.0602. The van der Waals surface area contributed by atoms with Crippen LogP contribution in [0.5, 0.6) is 0 Å². The average Bonchev–Trinajstić information content (AvgIpc) is 2.35. The summed E-state index contributed by atoms with van der Waals surface area (Å²) in [6, 6.07) is 4.85. The fourth-order valence-corrected chi connectivity index (χ4v) is 1.30. The lowest BCUT2D eigenvalue weighted by Gasteiger charge is -2.09. The third kappa shape index (κ3) is 3.85.